The van der Waals surface area contributed by atoms with Gasteiger partial charge in [0.25, 0.3) is 5.91 Å². The van der Waals surface area contributed by atoms with Gasteiger partial charge in [-0.1, -0.05) is 12.1 Å². The van der Waals surface area contributed by atoms with Gasteiger partial charge in [0.2, 0.25) is 5.43 Å². The maximum absolute atomic E-state index is 12.8. The fourth-order valence-electron chi connectivity index (χ4n) is 3.61. The van der Waals surface area contributed by atoms with Gasteiger partial charge in [0.15, 0.2) is 0 Å². The van der Waals surface area contributed by atoms with Gasteiger partial charge in [-0.05, 0) is 61.0 Å². The lowest BCUT2D eigenvalue weighted by Gasteiger charge is -2.08. The van der Waals surface area contributed by atoms with E-state index in [0.717, 1.165) is 20.8 Å². The Balaban J connectivity index is 1.40. The molecule has 0 aliphatic heterocycles. The van der Waals surface area contributed by atoms with Crippen LogP contribution < -0.4 is 15.5 Å². The van der Waals surface area contributed by atoms with E-state index < -0.39 is 5.91 Å². The summed E-state index contributed by atoms with van der Waals surface area (Å²) in [5.41, 5.74) is 3.99. The number of nitrogens with zero attached hydrogens (tertiary/aromatic N) is 1. The lowest BCUT2D eigenvalue weighted by Crippen LogP contribution is -2.22. The number of aromatic amines is 1. The van der Waals surface area contributed by atoms with E-state index in [1.807, 2.05) is 30.3 Å². The van der Waals surface area contributed by atoms with Gasteiger partial charge in [0, 0.05) is 17.4 Å². The molecule has 32 heavy (non-hydrogen) atoms. The number of fused-ring (bicyclic) bond motifs is 2. The first kappa shape index (κ1) is 20.0. The highest BCUT2D eigenvalue weighted by Gasteiger charge is 2.15. The highest BCUT2D eigenvalue weighted by molar-refractivity contribution is 7.21. The normalized spacial score (nSPS) is 11.1. The van der Waals surface area contributed by atoms with Gasteiger partial charge in [-0.3, -0.25) is 9.59 Å². The van der Waals surface area contributed by atoms with Crippen LogP contribution in [0.25, 0.3) is 31.7 Å². The minimum Gasteiger partial charge on any atom is -0.495 e. The summed E-state index contributed by atoms with van der Waals surface area (Å²) in [5.74, 6) is 0.0753. The topological polar surface area (TPSA) is 84.1 Å². The van der Waals surface area contributed by atoms with Gasteiger partial charge in [0.1, 0.15) is 16.3 Å². The van der Waals surface area contributed by atoms with Crippen LogP contribution in [-0.2, 0) is 0 Å². The molecule has 0 fully saturated rings. The molecule has 0 bridgehead atoms. The molecule has 2 aromatic heterocycles. The standard InChI is InChI=1S/C25H19N3O3S/c1-14-6-11-19-21(12-14)32-25(28-19)15-7-9-16(10-8-15)27-24(30)18-13-26-22-17(23(18)29)4-3-5-20(22)31-2/h3-13H,1-2H3,(H,26,29)(H,27,30). The summed E-state index contributed by atoms with van der Waals surface area (Å²) in [6.45, 7) is 2.06. The second-order valence-corrected chi connectivity index (χ2v) is 8.47. The Kier molecular flexibility index (Phi) is 4.95. The number of aryl methyl sites for hydroxylation is 1. The van der Waals surface area contributed by atoms with Crippen LogP contribution in [0.5, 0.6) is 5.75 Å². The lowest BCUT2D eigenvalue weighted by atomic mass is 10.1. The van der Waals surface area contributed by atoms with Crippen LogP contribution in [0.2, 0.25) is 0 Å². The number of hydrogen-bond acceptors (Lipinski definition) is 5. The monoisotopic (exact) mass is 441 g/mol. The third-order valence-electron chi connectivity index (χ3n) is 5.27. The van der Waals surface area contributed by atoms with Crippen molar-refractivity contribution in [3.05, 3.63) is 88.2 Å². The Morgan fingerprint density at radius 2 is 1.91 bits per heavy atom. The van der Waals surface area contributed by atoms with Gasteiger partial charge in [-0.25, -0.2) is 4.98 Å². The van der Waals surface area contributed by atoms with Crippen molar-refractivity contribution in [2.75, 3.05) is 12.4 Å². The average molecular weight is 442 g/mol. The summed E-state index contributed by atoms with van der Waals surface area (Å²) in [6, 6.07) is 18.8. The van der Waals surface area contributed by atoms with E-state index in [0.29, 0.717) is 22.3 Å². The molecule has 0 spiro atoms. The van der Waals surface area contributed by atoms with Gasteiger partial charge < -0.3 is 15.0 Å². The zero-order chi connectivity index (χ0) is 22.2. The van der Waals surface area contributed by atoms with E-state index in [9.17, 15) is 9.59 Å². The first-order valence-electron chi connectivity index (χ1n) is 10.0. The molecule has 0 unspecified atom stereocenters. The van der Waals surface area contributed by atoms with E-state index in [4.69, 9.17) is 9.72 Å². The Bertz CT molecular complexity index is 1530. The van der Waals surface area contributed by atoms with Crippen molar-refractivity contribution in [1.82, 2.24) is 9.97 Å². The van der Waals surface area contributed by atoms with Crippen LogP contribution in [0.15, 0.2) is 71.7 Å². The number of carbonyl (C=O) groups excluding carboxylic acids is 1. The van der Waals surface area contributed by atoms with E-state index in [2.05, 4.69) is 29.4 Å². The second kappa shape index (κ2) is 7.94. The highest BCUT2D eigenvalue weighted by atomic mass is 32.1. The number of methoxy groups -OCH3 is 1. The first-order chi connectivity index (χ1) is 15.5. The van der Waals surface area contributed by atoms with E-state index >= 15 is 0 Å². The van der Waals surface area contributed by atoms with E-state index in [1.54, 1.807) is 29.5 Å². The maximum atomic E-state index is 12.8. The number of nitrogens with one attached hydrogen (secondary N) is 2. The minimum absolute atomic E-state index is 0.0383. The van der Waals surface area contributed by atoms with Crippen LogP contribution in [0, 0.1) is 6.92 Å². The number of thiazole rings is 1. The number of hydrogen-bond donors (Lipinski definition) is 2. The molecule has 0 saturated carbocycles. The largest absolute Gasteiger partial charge is 0.495 e. The molecular weight excluding hydrogens is 422 g/mol. The zero-order valence-corrected chi connectivity index (χ0v) is 18.2. The Hall–Kier alpha value is -3.97. The van der Waals surface area contributed by atoms with Crippen LogP contribution in [0.1, 0.15) is 15.9 Å². The SMILES string of the molecule is COc1cccc2c(=O)c(C(=O)Nc3ccc(-c4nc5ccc(C)cc5s4)cc3)c[nH]c12. The molecule has 3 aromatic carbocycles. The molecule has 0 aliphatic rings. The molecule has 5 rings (SSSR count). The predicted molar refractivity (Wildman–Crippen MR) is 129 cm³/mol. The van der Waals surface area contributed by atoms with Crippen molar-refractivity contribution in [1.29, 1.82) is 0 Å². The van der Waals surface area contributed by atoms with E-state index in [1.165, 1.54) is 18.9 Å². The average Bonchev–Trinajstić information content (AvgIpc) is 3.22. The third kappa shape index (κ3) is 3.52. The fourth-order valence-corrected chi connectivity index (χ4v) is 4.68. The van der Waals surface area contributed by atoms with Gasteiger partial charge in [-0.15, -0.1) is 11.3 Å². The van der Waals surface area contributed by atoms with Gasteiger partial charge in [0.05, 0.1) is 28.2 Å². The van der Waals surface area contributed by atoms with Crippen molar-refractivity contribution < 1.29 is 9.53 Å². The summed E-state index contributed by atoms with van der Waals surface area (Å²) in [6.07, 6.45) is 1.42. The number of benzene rings is 3. The van der Waals surface area contributed by atoms with Crippen molar-refractivity contribution >= 4 is 44.1 Å². The molecular formula is C25H19N3O3S. The molecule has 0 saturated heterocycles. The van der Waals surface area contributed by atoms with Crippen LogP contribution >= 0.6 is 11.3 Å². The quantitative estimate of drug-likeness (QED) is 0.392. The molecule has 0 aliphatic carbocycles. The second-order valence-electron chi connectivity index (χ2n) is 7.44. The highest BCUT2D eigenvalue weighted by Crippen LogP contribution is 2.31. The summed E-state index contributed by atoms with van der Waals surface area (Å²) in [5, 5.41) is 4.12. The number of amides is 1. The summed E-state index contributed by atoms with van der Waals surface area (Å²) in [4.78, 5) is 33.3. The molecule has 0 atom stereocenters. The van der Waals surface area contributed by atoms with Crippen molar-refractivity contribution in [2.45, 2.75) is 6.92 Å². The van der Waals surface area contributed by atoms with Gasteiger partial charge in [-0.2, -0.15) is 0 Å². The Labute approximate surface area is 187 Å². The van der Waals surface area contributed by atoms with Crippen LogP contribution in [0.3, 0.4) is 0 Å². The maximum Gasteiger partial charge on any atom is 0.261 e. The number of pyridine rings is 1. The molecule has 7 heteroatoms. The van der Waals surface area contributed by atoms with E-state index in [-0.39, 0.29) is 11.0 Å². The Morgan fingerprint density at radius 3 is 2.69 bits per heavy atom. The number of H-pyrrole nitrogens is 1. The van der Waals surface area contributed by atoms with Crippen molar-refractivity contribution in [2.24, 2.45) is 0 Å². The third-order valence-corrected chi connectivity index (χ3v) is 6.34. The number of aromatic nitrogens is 2. The smallest absolute Gasteiger partial charge is 0.261 e. The molecule has 0 radical (unpaired) electrons. The molecule has 6 nitrogen and oxygen atoms in total. The molecule has 2 N–H and O–H groups in total. The number of ether oxygens (including phenoxy) is 1. The Morgan fingerprint density at radius 1 is 1.09 bits per heavy atom. The summed E-state index contributed by atoms with van der Waals surface area (Å²) >= 11 is 1.63. The fraction of sp³-hybridized carbons (Fsp3) is 0.0800. The van der Waals surface area contributed by atoms with Gasteiger partial charge >= 0.3 is 0 Å². The number of anilines is 1. The minimum atomic E-state index is -0.473. The molecule has 1 amide bonds. The number of para-hydroxylation sites is 1. The predicted octanol–water partition coefficient (Wildman–Crippen LogP) is 5.37. The number of rotatable bonds is 4. The first-order valence-corrected chi connectivity index (χ1v) is 10.8. The van der Waals surface area contributed by atoms with Crippen LogP contribution in [0.4, 0.5) is 5.69 Å². The lowest BCUT2D eigenvalue weighted by molar-refractivity contribution is 0.102. The zero-order valence-electron chi connectivity index (χ0n) is 17.4. The van der Waals surface area contributed by atoms with Crippen molar-refractivity contribution in [3.63, 3.8) is 0 Å². The molecule has 2 heterocycles. The summed E-state index contributed by atoms with van der Waals surface area (Å²) < 4.78 is 6.42. The number of carbonyl (C=O) groups is 1. The molecule has 158 valence electrons. The van der Waals surface area contributed by atoms with Crippen LogP contribution in [-0.4, -0.2) is 23.0 Å². The molecule has 5 aromatic rings. The van der Waals surface area contributed by atoms with Crippen molar-refractivity contribution in [3.8, 4) is 16.3 Å². The summed E-state index contributed by atoms with van der Waals surface area (Å²) in [7, 11) is 1.53.